The van der Waals surface area contributed by atoms with E-state index in [-0.39, 0.29) is 17.9 Å². The van der Waals surface area contributed by atoms with E-state index in [1.807, 2.05) is 57.2 Å². The van der Waals surface area contributed by atoms with E-state index in [2.05, 4.69) is 25.9 Å². The van der Waals surface area contributed by atoms with Crippen LogP contribution in [0.25, 0.3) is 33.1 Å². The zero-order valence-electron chi connectivity index (χ0n) is 17.6. The molecule has 0 aliphatic rings. The van der Waals surface area contributed by atoms with Gasteiger partial charge in [0.25, 0.3) is 5.95 Å². The van der Waals surface area contributed by atoms with Crippen LogP contribution in [0.3, 0.4) is 0 Å². The van der Waals surface area contributed by atoms with Crippen molar-refractivity contribution >= 4 is 33.8 Å². The van der Waals surface area contributed by atoms with Gasteiger partial charge in [-0.15, -0.1) is 5.10 Å². The molecule has 9 heteroatoms. The first-order valence-corrected chi connectivity index (χ1v) is 10.0. The van der Waals surface area contributed by atoms with Crippen molar-refractivity contribution in [3.63, 3.8) is 0 Å². The number of hydrogen-bond acceptors (Lipinski definition) is 7. The highest BCUT2D eigenvalue weighted by atomic mass is 16.4. The number of rotatable bonds is 4. The Kier molecular flexibility index (Phi) is 4.58. The fraction of sp³-hybridized carbons (Fsp3) is 0.174. The molecule has 5 aromatic rings. The highest BCUT2D eigenvalue weighted by Crippen LogP contribution is 2.39. The average Bonchev–Trinajstić information content (AvgIpc) is 3.40. The number of furan rings is 1. The largest absolute Gasteiger partial charge is 0.460 e. The summed E-state index contributed by atoms with van der Waals surface area (Å²) in [6, 6.07) is 11.9. The molecule has 0 saturated carbocycles. The van der Waals surface area contributed by atoms with E-state index in [1.165, 1.54) is 0 Å². The molecule has 2 N–H and O–H groups in total. The summed E-state index contributed by atoms with van der Waals surface area (Å²) < 4.78 is 11.7. The van der Waals surface area contributed by atoms with E-state index >= 15 is 0 Å². The molecule has 0 fully saturated rings. The number of carbonyl (C=O) groups is 1. The second kappa shape index (κ2) is 7.45. The van der Waals surface area contributed by atoms with Crippen molar-refractivity contribution in [3.05, 3.63) is 69.3 Å². The SMILES string of the molecule is Cc1oc2c(C)c3oc(=O)c(CC(=O)Nc4nn[nH]n4)c(C)c3cc2c1-c1ccccc1. The van der Waals surface area contributed by atoms with Crippen LogP contribution in [-0.2, 0) is 11.2 Å². The number of aromatic amines is 1. The maximum Gasteiger partial charge on any atom is 0.340 e. The van der Waals surface area contributed by atoms with Crippen LogP contribution in [-0.4, -0.2) is 26.5 Å². The third-order valence-electron chi connectivity index (χ3n) is 5.63. The Morgan fingerprint density at radius 1 is 1.03 bits per heavy atom. The van der Waals surface area contributed by atoms with Crippen molar-refractivity contribution in [2.75, 3.05) is 5.32 Å². The van der Waals surface area contributed by atoms with E-state index in [4.69, 9.17) is 8.83 Å². The van der Waals surface area contributed by atoms with Gasteiger partial charge in [0, 0.05) is 21.9 Å². The summed E-state index contributed by atoms with van der Waals surface area (Å²) in [7, 11) is 0. The third kappa shape index (κ3) is 3.15. The normalized spacial score (nSPS) is 11.3. The number of hydrogen-bond donors (Lipinski definition) is 2. The first-order valence-electron chi connectivity index (χ1n) is 10.0. The molecule has 3 aromatic heterocycles. The summed E-state index contributed by atoms with van der Waals surface area (Å²) >= 11 is 0. The fourth-order valence-electron chi connectivity index (χ4n) is 4.09. The van der Waals surface area contributed by atoms with Gasteiger partial charge in [-0.25, -0.2) is 4.79 Å². The molecule has 5 rings (SSSR count). The van der Waals surface area contributed by atoms with Crippen molar-refractivity contribution in [3.8, 4) is 11.1 Å². The number of aromatic nitrogens is 4. The lowest BCUT2D eigenvalue weighted by Gasteiger charge is -2.10. The number of fused-ring (bicyclic) bond motifs is 2. The quantitative estimate of drug-likeness (QED) is 0.416. The van der Waals surface area contributed by atoms with Gasteiger partial charge >= 0.3 is 5.63 Å². The van der Waals surface area contributed by atoms with Gasteiger partial charge in [0.05, 0.1) is 12.0 Å². The minimum atomic E-state index is -0.563. The molecule has 160 valence electrons. The van der Waals surface area contributed by atoms with Crippen LogP contribution in [0.1, 0.15) is 22.5 Å². The van der Waals surface area contributed by atoms with Crippen molar-refractivity contribution in [2.24, 2.45) is 0 Å². The molecule has 0 aliphatic carbocycles. The van der Waals surface area contributed by atoms with Crippen LogP contribution >= 0.6 is 0 Å². The Morgan fingerprint density at radius 3 is 2.50 bits per heavy atom. The van der Waals surface area contributed by atoms with Crippen LogP contribution in [0, 0.1) is 20.8 Å². The molecule has 0 atom stereocenters. The lowest BCUT2D eigenvalue weighted by Crippen LogP contribution is -2.21. The maximum atomic E-state index is 12.7. The van der Waals surface area contributed by atoms with Gasteiger partial charge in [-0.3, -0.25) is 10.1 Å². The standard InChI is InChI=1S/C23H19N5O4/c1-11-15-9-17-19(14-7-5-4-6-8-14)13(3)31-21(17)12(2)20(15)32-22(30)16(11)10-18(29)24-23-25-27-28-26-23/h4-9H,10H2,1-3H3,(H2,24,25,26,27,28,29). The molecular formula is C23H19N5O4. The van der Waals surface area contributed by atoms with Gasteiger partial charge < -0.3 is 8.83 Å². The maximum absolute atomic E-state index is 12.7. The van der Waals surface area contributed by atoms with Crippen molar-refractivity contribution in [1.82, 2.24) is 20.6 Å². The number of anilines is 1. The first-order chi connectivity index (χ1) is 15.4. The molecule has 32 heavy (non-hydrogen) atoms. The molecular weight excluding hydrogens is 410 g/mol. The van der Waals surface area contributed by atoms with Crippen LogP contribution in [0.5, 0.6) is 0 Å². The van der Waals surface area contributed by atoms with E-state index in [0.717, 1.165) is 33.2 Å². The summed E-state index contributed by atoms with van der Waals surface area (Å²) in [5.41, 5.74) is 4.30. The van der Waals surface area contributed by atoms with Gasteiger partial charge in [0.2, 0.25) is 5.91 Å². The average molecular weight is 429 g/mol. The highest BCUT2D eigenvalue weighted by molar-refractivity contribution is 6.06. The molecule has 0 radical (unpaired) electrons. The Hall–Kier alpha value is -4.27. The molecule has 0 unspecified atom stereocenters. The van der Waals surface area contributed by atoms with Gasteiger partial charge in [-0.2, -0.15) is 5.21 Å². The first kappa shape index (κ1) is 19.7. The van der Waals surface area contributed by atoms with Crippen LogP contribution in [0.4, 0.5) is 5.95 Å². The number of nitrogens with one attached hydrogen (secondary N) is 2. The Morgan fingerprint density at radius 2 is 1.78 bits per heavy atom. The highest BCUT2D eigenvalue weighted by Gasteiger charge is 2.22. The van der Waals surface area contributed by atoms with Crippen molar-refractivity contribution in [1.29, 1.82) is 0 Å². The summed E-state index contributed by atoms with van der Waals surface area (Å²) in [5.74, 6) is 0.379. The Labute approximate surface area is 181 Å². The monoisotopic (exact) mass is 429 g/mol. The molecule has 3 heterocycles. The summed E-state index contributed by atoms with van der Waals surface area (Å²) in [5, 5.41) is 17.2. The summed E-state index contributed by atoms with van der Waals surface area (Å²) in [4.78, 5) is 25.2. The van der Waals surface area contributed by atoms with E-state index in [9.17, 15) is 9.59 Å². The number of tetrazole rings is 1. The van der Waals surface area contributed by atoms with Gasteiger partial charge in [0.1, 0.15) is 16.9 Å². The molecule has 0 bridgehead atoms. The third-order valence-corrected chi connectivity index (χ3v) is 5.63. The van der Waals surface area contributed by atoms with Crippen molar-refractivity contribution < 1.29 is 13.6 Å². The minimum absolute atomic E-state index is 0.0387. The predicted molar refractivity (Wildman–Crippen MR) is 118 cm³/mol. The lowest BCUT2D eigenvalue weighted by atomic mass is 9.96. The zero-order chi connectivity index (χ0) is 22.4. The van der Waals surface area contributed by atoms with E-state index in [0.29, 0.717) is 16.7 Å². The molecule has 9 nitrogen and oxygen atoms in total. The number of H-pyrrole nitrogens is 1. The van der Waals surface area contributed by atoms with E-state index < -0.39 is 11.5 Å². The molecule has 1 amide bonds. The molecule has 0 spiro atoms. The second-order valence-electron chi connectivity index (χ2n) is 7.61. The number of benzene rings is 2. The fourth-order valence-corrected chi connectivity index (χ4v) is 4.09. The van der Waals surface area contributed by atoms with Crippen LogP contribution < -0.4 is 10.9 Å². The smallest absolute Gasteiger partial charge is 0.340 e. The van der Waals surface area contributed by atoms with Gasteiger partial charge in [-0.1, -0.05) is 35.4 Å². The Balaban J connectivity index is 1.68. The predicted octanol–water partition coefficient (Wildman–Crippen LogP) is 3.83. The molecule has 0 aliphatic heterocycles. The zero-order valence-corrected chi connectivity index (χ0v) is 17.6. The summed E-state index contributed by atoms with van der Waals surface area (Å²) in [6.07, 6.45) is -0.175. The number of carbonyl (C=O) groups excluding carboxylic acids is 1. The van der Waals surface area contributed by atoms with E-state index in [1.54, 1.807) is 0 Å². The van der Waals surface area contributed by atoms with Crippen molar-refractivity contribution in [2.45, 2.75) is 27.2 Å². The second-order valence-corrected chi connectivity index (χ2v) is 7.61. The molecule has 2 aromatic carbocycles. The van der Waals surface area contributed by atoms with Gasteiger partial charge in [0.15, 0.2) is 0 Å². The Bertz CT molecular complexity index is 1530. The number of aryl methyl sites for hydroxylation is 3. The minimum Gasteiger partial charge on any atom is -0.460 e. The lowest BCUT2D eigenvalue weighted by molar-refractivity contribution is -0.115. The topological polar surface area (TPSA) is 127 Å². The van der Waals surface area contributed by atoms with Crippen LogP contribution in [0.2, 0.25) is 0 Å². The van der Waals surface area contributed by atoms with Crippen LogP contribution in [0.15, 0.2) is 50.0 Å². The molecule has 0 saturated heterocycles. The number of amides is 1. The van der Waals surface area contributed by atoms with Gasteiger partial charge in [-0.05, 0) is 43.2 Å². The summed E-state index contributed by atoms with van der Waals surface area (Å²) in [6.45, 7) is 5.60. The number of nitrogens with zero attached hydrogens (tertiary/aromatic N) is 3.